The maximum atomic E-state index is 3.29. The Morgan fingerprint density at radius 3 is 2.62 bits per heavy atom. The van der Waals surface area contributed by atoms with Gasteiger partial charge in [-0.2, -0.15) is 0 Å². The minimum absolute atomic E-state index is 0.984. The van der Waals surface area contributed by atoms with Crippen LogP contribution in [0.2, 0.25) is 0 Å². The van der Waals surface area contributed by atoms with Crippen molar-refractivity contribution >= 4 is 0 Å². The lowest BCUT2D eigenvalue weighted by atomic mass is 9.95. The second-order valence-corrected chi connectivity index (χ2v) is 4.46. The summed E-state index contributed by atoms with van der Waals surface area (Å²) in [5.74, 6) is 0.984. The molecule has 0 aromatic carbocycles. The topological polar surface area (TPSA) is 15.3 Å². The number of likely N-dealkylation sites (tertiary alicyclic amines) is 1. The number of rotatable bonds is 3. The molecule has 2 nitrogen and oxygen atoms in total. The number of hydrogen-bond acceptors (Lipinski definition) is 2. The van der Waals surface area contributed by atoms with E-state index >= 15 is 0 Å². The third-order valence-electron chi connectivity index (χ3n) is 3.35. The van der Waals surface area contributed by atoms with Crippen LogP contribution in [0.3, 0.4) is 0 Å². The van der Waals surface area contributed by atoms with Crippen LogP contribution in [0.15, 0.2) is 11.1 Å². The number of nitrogens with zero attached hydrogens (tertiary/aromatic N) is 1. The Balaban J connectivity index is 1.74. The summed E-state index contributed by atoms with van der Waals surface area (Å²) >= 11 is 0. The zero-order valence-corrected chi connectivity index (χ0v) is 8.77. The molecule has 2 heterocycles. The second kappa shape index (κ2) is 3.81. The smallest absolute Gasteiger partial charge is 0.0194 e. The molecule has 0 spiro atoms. The summed E-state index contributed by atoms with van der Waals surface area (Å²) in [6, 6.07) is 0. The molecule has 0 unspecified atom stereocenters. The van der Waals surface area contributed by atoms with Crippen molar-refractivity contribution < 1.29 is 0 Å². The van der Waals surface area contributed by atoms with Crippen molar-refractivity contribution in [1.29, 1.82) is 0 Å². The van der Waals surface area contributed by atoms with Gasteiger partial charge < -0.3 is 5.32 Å². The molecule has 74 valence electrons. The summed E-state index contributed by atoms with van der Waals surface area (Å²) in [5, 5.41) is 3.29. The van der Waals surface area contributed by atoms with Gasteiger partial charge in [0.25, 0.3) is 0 Å². The van der Waals surface area contributed by atoms with E-state index in [-0.39, 0.29) is 0 Å². The van der Waals surface area contributed by atoms with Gasteiger partial charge in [0.15, 0.2) is 0 Å². The largest absolute Gasteiger partial charge is 0.309 e. The zero-order valence-electron chi connectivity index (χ0n) is 8.77. The highest BCUT2D eigenvalue weighted by atomic mass is 15.2. The van der Waals surface area contributed by atoms with Crippen molar-refractivity contribution in [3.05, 3.63) is 11.1 Å². The molecule has 0 amide bonds. The number of nitrogens with one attached hydrogen (secondary N) is 1. The van der Waals surface area contributed by atoms with Crippen LogP contribution in [0.4, 0.5) is 0 Å². The lowest BCUT2D eigenvalue weighted by Crippen LogP contribution is -2.47. The Kier molecular flexibility index (Phi) is 2.70. The van der Waals surface area contributed by atoms with Crippen LogP contribution >= 0.6 is 0 Å². The van der Waals surface area contributed by atoms with Crippen LogP contribution in [0.25, 0.3) is 0 Å². The Morgan fingerprint density at radius 2 is 2.15 bits per heavy atom. The quantitative estimate of drug-likeness (QED) is 0.658. The highest BCUT2D eigenvalue weighted by molar-refractivity contribution is 5.22. The molecule has 0 aromatic rings. The van der Waals surface area contributed by atoms with E-state index in [1.165, 1.54) is 26.1 Å². The van der Waals surface area contributed by atoms with E-state index in [0.29, 0.717) is 0 Å². The van der Waals surface area contributed by atoms with Crippen molar-refractivity contribution in [2.24, 2.45) is 5.92 Å². The monoisotopic (exact) mass is 180 g/mol. The van der Waals surface area contributed by atoms with Crippen LogP contribution < -0.4 is 5.32 Å². The van der Waals surface area contributed by atoms with Gasteiger partial charge in [-0.15, -0.1) is 0 Å². The summed E-state index contributed by atoms with van der Waals surface area (Å²) in [6.07, 6.45) is 1.35. The van der Waals surface area contributed by atoms with Gasteiger partial charge in [0, 0.05) is 32.7 Å². The van der Waals surface area contributed by atoms with Crippen LogP contribution in [0.1, 0.15) is 20.3 Å². The maximum absolute atomic E-state index is 3.29. The molecular weight excluding hydrogens is 160 g/mol. The molecule has 2 aliphatic rings. The normalized spacial score (nSPS) is 24.0. The van der Waals surface area contributed by atoms with Gasteiger partial charge in [-0.3, -0.25) is 4.90 Å². The van der Waals surface area contributed by atoms with E-state index in [1.807, 2.05) is 0 Å². The van der Waals surface area contributed by atoms with Crippen LogP contribution in [0.5, 0.6) is 0 Å². The molecule has 0 atom stereocenters. The maximum Gasteiger partial charge on any atom is 0.0194 e. The van der Waals surface area contributed by atoms with E-state index in [2.05, 4.69) is 24.1 Å². The summed E-state index contributed by atoms with van der Waals surface area (Å²) in [6.45, 7) is 10.7. The van der Waals surface area contributed by atoms with Gasteiger partial charge in [-0.1, -0.05) is 18.9 Å². The standard InChI is InChI=1S/C11H20N2/c1-3-10-7-13(8-10)6-9(2)11-4-12-5-11/h10,12H,3-8H2,1-2H3. The fourth-order valence-electron chi connectivity index (χ4n) is 2.06. The molecule has 13 heavy (non-hydrogen) atoms. The van der Waals surface area contributed by atoms with Gasteiger partial charge in [-0.05, 0) is 18.4 Å². The van der Waals surface area contributed by atoms with Gasteiger partial charge in [0.1, 0.15) is 0 Å². The van der Waals surface area contributed by atoms with Gasteiger partial charge in [0.05, 0.1) is 0 Å². The fraction of sp³-hybridized carbons (Fsp3) is 0.818. The minimum Gasteiger partial charge on any atom is -0.309 e. The Hall–Kier alpha value is -0.340. The minimum atomic E-state index is 0.984. The Morgan fingerprint density at radius 1 is 1.46 bits per heavy atom. The predicted molar refractivity (Wildman–Crippen MR) is 55.8 cm³/mol. The van der Waals surface area contributed by atoms with Crippen LogP contribution in [0, 0.1) is 5.92 Å². The van der Waals surface area contributed by atoms with Gasteiger partial charge in [0.2, 0.25) is 0 Å². The first-order valence-electron chi connectivity index (χ1n) is 5.40. The van der Waals surface area contributed by atoms with Gasteiger partial charge in [-0.25, -0.2) is 0 Å². The molecule has 2 rings (SSSR count). The third-order valence-corrected chi connectivity index (χ3v) is 3.35. The molecule has 0 saturated carbocycles. The first-order chi connectivity index (χ1) is 6.29. The van der Waals surface area contributed by atoms with Crippen molar-refractivity contribution in [3.8, 4) is 0 Å². The third kappa shape index (κ3) is 1.94. The average Bonchev–Trinajstić information content (AvgIpc) is 1.92. The fourth-order valence-corrected chi connectivity index (χ4v) is 2.06. The lowest BCUT2D eigenvalue weighted by Gasteiger charge is -2.40. The molecule has 0 aromatic heterocycles. The van der Waals surface area contributed by atoms with Crippen molar-refractivity contribution in [2.45, 2.75) is 20.3 Å². The molecule has 2 heteroatoms. The first kappa shape index (κ1) is 9.22. The SMILES string of the molecule is CCC1CN(CC(C)=C2CNC2)C1. The molecular formula is C11H20N2. The van der Waals surface area contributed by atoms with E-state index in [4.69, 9.17) is 0 Å². The van der Waals surface area contributed by atoms with E-state index in [0.717, 1.165) is 19.0 Å². The molecule has 2 saturated heterocycles. The van der Waals surface area contributed by atoms with Gasteiger partial charge >= 0.3 is 0 Å². The molecule has 0 radical (unpaired) electrons. The zero-order chi connectivity index (χ0) is 9.26. The van der Waals surface area contributed by atoms with Crippen molar-refractivity contribution in [1.82, 2.24) is 10.2 Å². The highest BCUT2D eigenvalue weighted by Gasteiger charge is 2.25. The molecule has 1 N–H and O–H groups in total. The second-order valence-electron chi connectivity index (χ2n) is 4.46. The summed E-state index contributed by atoms with van der Waals surface area (Å²) < 4.78 is 0. The van der Waals surface area contributed by atoms with E-state index < -0.39 is 0 Å². The van der Waals surface area contributed by atoms with Crippen molar-refractivity contribution in [2.75, 3.05) is 32.7 Å². The summed E-state index contributed by atoms with van der Waals surface area (Å²) in [7, 11) is 0. The lowest BCUT2D eigenvalue weighted by molar-refractivity contribution is 0.109. The predicted octanol–water partition coefficient (Wildman–Crippen LogP) is 1.25. The summed E-state index contributed by atoms with van der Waals surface area (Å²) in [5.41, 5.74) is 3.24. The van der Waals surface area contributed by atoms with E-state index in [9.17, 15) is 0 Å². The highest BCUT2D eigenvalue weighted by Crippen LogP contribution is 2.20. The van der Waals surface area contributed by atoms with E-state index in [1.54, 1.807) is 11.1 Å². The molecule has 2 aliphatic heterocycles. The molecule has 0 bridgehead atoms. The van der Waals surface area contributed by atoms with Crippen LogP contribution in [-0.4, -0.2) is 37.6 Å². The average molecular weight is 180 g/mol. The van der Waals surface area contributed by atoms with Crippen molar-refractivity contribution in [3.63, 3.8) is 0 Å². The summed E-state index contributed by atoms with van der Waals surface area (Å²) in [4.78, 5) is 2.56. The Labute approximate surface area is 81.0 Å². The molecule has 2 fully saturated rings. The van der Waals surface area contributed by atoms with Crippen LogP contribution in [-0.2, 0) is 0 Å². The number of hydrogen-bond donors (Lipinski definition) is 1. The first-order valence-corrected chi connectivity index (χ1v) is 5.40. The molecule has 0 aliphatic carbocycles. The Bertz CT molecular complexity index is 208.